The van der Waals surface area contributed by atoms with E-state index in [1.807, 2.05) is 0 Å². The molecule has 0 aliphatic rings. The third-order valence-electron chi connectivity index (χ3n) is 3.77. The van der Waals surface area contributed by atoms with E-state index >= 15 is 0 Å². The molecule has 1 aromatic rings. The molecule has 0 unspecified atom stereocenters. The van der Waals surface area contributed by atoms with Gasteiger partial charge in [0.15, 0.2) is 0 Å². The van der Waals surface area contributed by atoms with Crippen molar-refractivity contribution in [3.8, 4) is 0 Å². The van der Waals surface area contributed by atoms with Gasteiger partial charge in [-0.25, -0.2) is 0 Å². The monoisotopic (exact) mass is 365 g/mol. The molecule has 135 valence electrons. The van der Waals surface area contributed by atoms with Gasteiger partial charge in [-0.05, 0) is 18.6 Å². The summed E-state index contributed by atoms with van der Waals surface area (Å²) in [6.07, 6.45) is 12.3. The van der Waals surface area contributed by atoms with Gasteiger partial charge in [0, 0.05) is 29.6 Å². The Balaban J connectivity index is 0. The molecule has 0 heterocycles. The number of hydrogen-bond acceptors (Lipinski definition) is 3. The molecule has 0 fully saturated rings. The summed E-state index contributed by atoms with van der Waals surface area (Å²) in [6, 6.07) is 8.33. The van der Waals surface area contributed by atoms with Crippen LogP contribution in [0.1, 0.15) is 78.6 Å². The topological polar surface area (TPSA) is 43.4 Å². The second kappa shape index (κ2) is 16.6. The molecule has 5 heteroatoms. The van der Waals surface area contributed by atoms with Crippen molar-refractivity contribution in [2.75, 3.05) is 6.61 Å². The van der Waals surface area contributed by atoms with E-state index in [0.717, 1.165) is 12.8 Å². The Bertz CT molecular complexity index is 475. The van der Waals surface area contributed by atoms with E-state index in [9.17, 15) is 8.42 Å². The van der Waals surface area contributed by atoms with Crippen LogP contribution < -0.4 is 0 Å². The van der Waals surface area contributed by atoms with Crippen LogP contribution in [0.15, 0.2) is 35.2 Å². The Morgan fingerprint density at radius 3 is 1.75 bits per heavy atom. The molecule has 0 atom stereocenters. The van der Waals surface area contributed by atoms with Gasteiger partial charge in [-0.1, -0.05) is 90.3 Å². The first kappa shape index (κ1) is 26.4. The first-order chi connectivity index (χ1) is 10.7. The molecule has 1 aromatic carbocycles. The van der Waals surface area contributed by atoms with Gasteiger partial charge < -0.3 is 0 Å². The summed E-state index contributed by atoms with van der Waals surface area (Å²) >= 11 is 0. The number of unbranched alkanes of at least 4 members (excludes halogenated alkanes) is 9. The number of rotatable bonds is 13. The Morgan fingerprint density at radius 2 is 1.25 bits per heavy atom. The van der Waals surface area contributed by atoms with Gasteiger partial charge in [0.2, 0.25) is 0 Å². The van der Waals surface area contributed by atoms with Crippen LogP contribution in [-0.2, 0) is 14.3 Å². The minimum Gasteiger partial charge on any atom is -0.266 e. The molecule has 1 radical (unpaired) electrons. The summed E-state index contributed by atoms with van der Waals surface area (Å²) in [7, 11) is -3.57. The average Bonchev–Trinajstić information content (AvgIpc) is 2.53. The Hall–Kier alpha value is 0.130. The van der Waals surface area contributed by atoms with Gasteiger partial charge in [-0.15, -0.1) is 0 Å². The van der Waals surface area contributed by atoms with E-state index < -0.39 is 10.1 Å². The maximum absolute atomic E-state index is 11.9. The molecule has 0 N–H and O–H groups in total. The van der Waals surface area contributed by atoms with Gasteiger partial charge in [0.25, 0.3) is 10.1 Å². The molecule has 0 bridgehead atoms. The molecule has 0 aliphatic heterocycles. The maximum Gasteiger partial charge on any atom is 0.296 e. The van der Waals surface area contributed by atoms with Crippen LogP contribution in [-0.4, -0.2) is 44.6 Å². The third-order valence-corrected chi connectivity index (χ3v) is 5.09. The van der Waals surface area contributed by atoms with Crippen molar-refractivity contribution in [1.29, 1.82) is 0 Å². The molecule has 0 amide bonds. The summed E-state index contributed by atoms with van der Waals surface area (Å²) in [4.78, 5) is 0.238. The van der Waals surface area contributed by atoms with E-state index in [1.165, 1.54) is 51.4 Å². The second-order valence-electron chi connectivity index (χ2n) is 5.77. The molecule has 24 heavy (non-hydrogen) atoms. The van der Waals surface area contributed by atoms with Crippen LogP contribution in [0, 0.1) is 0 Å². The van der Waals surface area contributed by atoms with Crippen molar-refractivity contribution >= 4 is 39.7 Å². The molecule has 1 rings (SSSR count). The normalized spacial score (nSPS) is 10.7. The fourth-order valence-electron chi connectivity index (χ4n) is 2.41. The van der Waals surface area contributed by atoms with Gasteiger partial charge in [-0.3, -0.25) is 4.18 Å². The van der Waals surface area contributed by atoms with E-state index in [2.05, 4.69) is 6.92 Å². The zero-order valence-corrected chi connectivity index (χ0v) is 17.6. The molecule has 0 spiro atoms. The molecule has 0 aromatic heterocycles. The summed E-state index contributed by atoms with van der Waals surface area (Å²) in [5, 5.41) is 0. The number of benzene rings is 1. The predicted octanol–water partition coefficient (Wildman–Crippen LogP) is 5.57. The minimum atomic E-state index is -3.57. The van der Waals surface area contributed by atoms with Gasteiger partial charge >= 0.3 is 0 Å². The maximum atomic E-state index is 11.9. The second-order valence-corrected chi connectivity index (χ2v) is 7.39. The van der Waals surface area contributed by atoms with Crippen LogP contribution >= 0.6 is 0 Å². The van der Waals surface area contributed by atoms with E-state index in [1.54, 1.807) is 30.3 Å². The van der Waals surface area contributed by atoms with E-state index in [-0.39, 0.29) is 48.5 Å². The summed E-state index contributed by atoms with van der Waals surface area (Å²) in [6.45, 7) is 2.52. The largest absolute Gasteiger partial charge is 0.296 e. The van der Waals surface area contributed by atoms with Gasteiger partial charge in [0.05, 0.1) is 11.5 Å². The first-order valence-electron chi connectivity index (χ1n) is 8.61. The standard InChI is InChI=1S/C18H30O3S.CH4.Na/c1-2-3-4-5-6-7-8-9-10-14-17-21-22(19,20)18-15-12-11-13-16-18;;/h11-13,15-16H,2-10,14,17H2,1H3;1H4;. The fourth-order valence-corrected chi connectivity index (χ4v) is 3.38. The molecule has 3 nitrogen and oxygen atoms in total. The van der Waals surface area contributed by atoms with Crippen LogP contribution in [0.4, 0.5) is 0 Å². The minimum absolute atomic E-state index is 0. The Kier molecular flexibility index (Phi) is 18.2. The van der Waals surface area contributed by atoms with E-state index in [0.29, 0.717) is 0 Å². The van der Waals surface area contributed by atoms with Gasteiger partial charge in [-0.2, -0.15) is 8.42 Å². The van der Waals surface area contributed by atoms with Crippen LogP contribution in [0.5, 0.6) is 0 Å². The molecular formula is C19H34NaO3S. The predicted molar refractivity (Wildman–Crippen MR) is 104 cm³/mol. The van der Waals surface area contributed by atoms with Crippen molar-refractivity contribution in [2.24, 2.45) is 0 Å². The zero-order valence-electron chi connectivity index (χ0n) is 14.8. The molecule has 0 aliphatic carbocycles. The van der Waals surface area contributed by atoms with Crippen LogP contribution in [0.2, 0.25) is 0 Å². The van der Waals surface area contributed by atoms with Crippen molar-refractivity contribution in [3.05, 3.63) is 30.3 Å². The quantitative estimate of drug-likeness (QED) is 0.261. The van der Waals surface area contributed by atoms with E-state index in [4.69, 9.17) is 4.18 Å². The Labute approximate surface area is 172 Å². The third kappa shape index (κ3) is 12.5. The van der Waals surface area contributed by atoms with Crippen LogP contribution in [0.25, 0.3) is 0 Å². The summed E-state index contributed by atoms with van der Waals surface area (Å²) < 4.78 is 28.8. The van der Waals surface area contributed by atoms with Crippen molar-refractivity contribution in [2.45, 2.75) is 83.5 Å². The molecular weight excluding hydrogens is 331 g/mol. The zero-order chi connectivity index (χ0) is 16.1. The van der Waals surface area contributed by atoms with Gasteiger partial charge in [0.1, 0.15) is 0 Å². The summed E-state index contributed by atoms with van der Waals surface area (Å²) in [5.74, 6) is 0. The number of hydrogen-bond donors (Lipinski definition) is 0. The fraction of sp³-hybridized carbons (Fsp3) is 0.684. The average molecular weight is 366 g/mol. The molecule has 0 saturated heterocycles. The van der Waals surface area contributed by atoms with Crippen LogP contribution in [0.3, 0.4) is 0 Å². The SMILES string of the molecule is C.CCCCCCCCCCCCOS(=O)(=O)c1ccccc1.[Na]. The van der Waals surface area contributed by atoms with Crippen molar-refractivity contribution < 1.29 is 12.6 Å². The van der Waals surface area contributed by atoms with Crippen molar-refractivity contribution in [1.82, 2.24) is 0 Å². The summed E-state index contributed by atoms with van der Waals surface area (Å²) in [5.41, 5.74) is 0. The first-order valence-corrected chi connectivity index (χ1v) is 10.0. The Morgan fingerprint density at radius 1 is 0.792 bits per heavy atom. The molecule has 0 saturated carbocycles. The van der Waals surface area contributed by atoms with Crippen molar-refractivity contribution in [3.63, 3.8) is 0 Å². The smallest absolute Gasteiger partial charge is 0.266 e.